The fourth-order valence-electron chi connectivity index (χ4n) is 3.75. The Morgan fingerprint density at radius 2 is 1.47 bits per heavy atom. The normalized spacial score (nSPS) is 13.9. The molecule has 0 bridgehead atoms. The maximum Gasteiger partial charge on any atom is 0.268 e. The first-order valence-electron chi connectivity index (χ1n) is 9.85. The van der Waals surface area contributed by atoms with Crippen molar-refractivity contribution in [1.82, 2.24) is 3.97 Å². The molecule has 32 heavy (non-hydrogen) atoms. The van der Waals surface area contributed by atoms with Crippen LogP contribution < -0.4 is 9.47 Å². The van der Waals surface area contributed by atoms with Crippen LogP contribution in [-0.4, -0.2) is 34.0 Å². The van der Waals surface area contributed by atoms with E-state index in [1.807, 2.05) is 0 Å². The molecule has 0 saturated heterocycles. The van der Waals surface area contributed by atoms with E-state index in [0.717, 1.165) is 0 Å². The van der Waals surface area contributed by atoms with E-state index < -0.39 is 19.9 Å². The molecule has 164 valence electrons. The molecule has 0 N–H and O–H groups in total. The Balaban J connectivity index is 1.58. The lowest BCUT2D eigenvalue weighted by atomic mass is 10.2. The zero-order valence-corrected chi connectivity index (χ0v) is 18.7. The SMILES string of the molecule is Cc1ccccc1S(=O)(=O)n1ccc2cc(S(=O)(=O)c3ccc4c(c3)OCCO4)ccc21. The molecule has 0 fully saturated rings. The number of fused-ring (bicyclic) bond motifs is 2. The number of aromatic nitrogens is 1. The molecule has 2 heterocycles. The van der Waals surface area contributed by atoms with Crippen LogP contribution in [0.3, 0.4) is 0 Å². The predicted octanol–water partition coefficient (Wildman–Crippen LogP) is 3.79. The first kappa shape index (κ1) is 20.6. The van der Waals surface area contributed by atoms with Gasteiger partial charge in [0.2, 0.25) is 9.84 Å². The standard InChI is InChI=1S/C23H19NO6S2/c1-16-4-2-3-5-23(16)32(27,28)24-11-10-17-14-18(6-8-20(17)24)31(25,26)19-7-9-21-22(15-19)30-13-12-29-21/h2-11,14-15H,12-13H2,1H3. The third kappa shape index (κ3) is 3.25. The zero-order valence-electron chi connectivity index (χ0n) is 17.1. The Hall–Kier alpha value is -3.30. The molecule has 7 nitrogen and oxygen atoms in total. The van der Waals surface area contributed by atoms with Gasteiger partial charge in [0, 0.05) is 17.6 Å². The Morgan fingerprint density at radius 1 is 0.781 bits per heavy atom. The first-order chi connectivity index (χ1) is 15.3. The number of aryl methyl sites for hydroxylation is 1. The van der Waals surface area contributed by atoms with Gasteiger partial charge >= 0.3 is 0 Å². The Bertz CT molecular complexity index is 1570. The minimum Gasteiger partial charge on any atom is -0.486 e. The summed E-state index contributed by atoms with van der Waals surface area (Å²) in [6.45, 7) is 2.50. The lowest BCUT2D eigenvalue weighted by Crippen LogP contribution is -2.15. The highest BCUT2D eigenvalue weighted by atomic mass is 32.2. The molecule has 4 aromatic rings. The van der Waals surface area contributed by atoms with Gasteiger partial charge in [-0.05, 0) is 55.0 Å². The minimum absolute atomic E-state index is 0.0627. The Labute approximate surface area is 185 Å². The third-order valence-electron chi connectivity index (χ3n) is 5.39. The molecule has 0 radical (unpaired) electrons. The number of sulfone groups is 1. The summed E-state index contributed by atoms with van der Waals surface area (Å²) < 4.78 is 64.9. The van der Waals surface area contributed by atoms with E-state index in [9.17, 15) is 16.8 Å². The molecule has 0 saturated carbocycles. The Morgan fingerprint density at radius 3 is 2.25 bits per heavy atom. The summed E-state index contributed by atoms with van der Waals surface area (Å²) >= 11 is 0. The molecular formula is C23H19NO6S2. The van der Waals surface area contributed by atoms with Crippen molar-refractivity contribution in [1.29, 1.82) is 0 Å². The fraction of sp³-hybridized carbons (Fsp3) is 0.130. The molecule has 1 aliphatic heterocycles. The minimum atomic E-state index is -3.84. The van der Waals surface area contributed by atoms with Gasteiger partial charge in [-0.15, -0.1) is 0 Å². The summed E-state index contributed by atoms with van der Waals surface area (Å²) in [5.41, 5.74) is 1.03. The van der Waals surface area contributed by atoms with Crippen LogP contribution >= 0.6 is 0 Å². The quantitative estimate of drug-likeness (QED) is 0.452. The van der Waals surface area contributed by atoms with Crippen molar-refractivity contribution in [2.75, 3.05) is 13.2 Å². The van der Waals surface area contributed by atoms with Crippen molar-refractivity contribution in [2.24, 2.45) is 0 Å². The highest BCUT2D eigenvalue weighted by molar-refractivity contribution is 7.91. The second-order valence-electron chi connectivity index (χ2n) is 7.41. The van der Waals surface area contributed by atoms with Crippen LogP contribution in [0.4, 0.5) is 0 Å². The van der Waals surface area contributed by atoms with Crippen molar-refractivity contribution in [3.8, 4) is 11.5 Å². The number of nitrogens with zero attached hydrogens (tertiary/aromatic N) is 1. The average molecular weight is 470 g/mol. The van der Waals surface area contributed by atoms with Crippen molar-refractivity contribution in [2.45, 2.75) is 21.6 Å². The molecule has 0 amide bonds. The van der Waals surface area contributed by atoms with Crippen LogP contribution in [0.25, 0.3) is 10.9 Å². The molecule has 0 spiro atoms. The number of hydrogen-bond acceptors (Lipinski definition) is 6. The predicted molar refractivity (Wildman–Crippen MR) is 119 cm³/mol. The van der Waals surface area contributed by atoms with Gasteiger partial charge in [-0.1, -0.05) is 18.2 Å². The maximum absolute atomic E-state index is 13.2. The van der Waals surface area contributed by atoms with Gasteiger partial charge in [0.1, 0.15) is 13.2 Å². The molecule has 0 unspecified atom stereocenters. The summed E-state index contributed by atoms with van der Waals surface area (Å²) in [5, 5.41) is 0.501. The van der Waals surface area contributed by atoms with Gasteiger partial charge in [-0.2, -0.15) is 0 Å². The van der Waals surface area contributed by atoms with E-state index in [1.54, 1.807) is 43.3 Å². The van der Waals surface area contributed by atoms with Crippen LogP contribution in [0.5, 0.6) is 11.5 Å². The van der Waals surface area contributed by atoms with Crippen LogP contribution in [-0.2, 0) is 19.9 Å². The summed E-state index contributed by atoms with van der Waals surface area (Å²) in [5.74, 6) is 0.887. The molecule has 5 rings (SSSR count). The number of ether oxygens (including phenoxy) is 2. The molecule has 1 aromatic heterocycles. The fourth-order valence-corrected chi connectivity index (χ4v) is 6.65. The lowest BCUT2D eigenvalue weighted by Gasteiger charge is -2.18. The van der Waals surface area contributed by atoms with Crippen molar-refractivity contribution in [3.05, 3.63) is 78.5 Å². The second-order valence-corrected chi connectivity index (χ2v) is 11.1. The number of hydrogen-bond donors (Lipinski definition) is 0. The van der Waals surface area contributed by atoms with Crippen molar-refractivity contribution < 1.29 is 26.3 Å². The van der Waals surface area contributed by atoms with Crippen LogP contribution in [0, 0.1) is 6.92 Å². The monoisotopic (exact) mass is 469 g/mol. The van der Waals surface area contributed by atoms with E-state index >= 15 is 0 Å². The summed E-state index contributed by atoms with van der Waals surface area (Å²) in [6.07, 6.45) is 1.44. The third-order valence-corrected chi connectivity index (χ3v) is 8.99. The summed E-state index contributed by atoms with van der Waals surface area (Å²) in [6, 6.07) is 17.2. The highest BCUT2D eigenvalue weighted by Gasteiger charge is 2.24. The molecule has 3 aromatic carbocycles. The second kappa shape index (κ2) is 7.39. The van der Waals surface area contributed by atoms with E-state index in [4.69, 9.17) is 9.47 Å². The summed E-state index contributed by atoms with van der Waals surface area (Å²) in [4.78, 5) is 0.339. The zero-order chi connectivity index (χ0) is 22.5. The Kier molecular flexibility index (Phi) is 4.75. The van der Waals surface area contributed by atoms with Gasteiger partial charge in [-0.25, -0.2) is 20.8 Å². The van der Waals surface area contributed by atoms with Gasteiger partial charge in [-0.3, -0.25) is 0 Å². The first-order valence-corrected chi connectivity index (χ1v) is 12.8. The number of benzene rings is 3. The molecule has 0 atom stereocenters. The van der Waals surface area contributed by atoms with Gasteiger partial charge < -0.3 is 9.47 Å². The van der Waals surface area contributed by atoms with Gasteiger partial charge in [0.25, 0.3) is 10.0 Å². The molecule has 9 heteroatoms. The molecular weight excluding hydrogens is 450 g/mol. The largest absolute Gasteiger partial charge is 0.486 e. The smallest absolute Gasteiger partial charge is 0.268 e. The van der Waals surface area contributed by atoms with E-state index in [0.29, 0.717) is 41.2 Å². The van der Waals surface area contributed by atoms with E-state index in [-0.39, 0.29) is 14.7 Å². The highest BCUT2D eigenvalue weighted by Crippen LogP contribution is 2.35. The van der Waals surface area contributed by atoms with Crippen LogP contribution in [0.2, 0.25) is 0 Å². The lowest BCUT2D eigenvalue weighted by molar-refractivity contribution is 0.171. The van der Waals surface area contributed by atoms with E-state index in [2.05, 4.69) is 0 Å². The average Bonchev–Trinajstić information content (AvgIpc) is 3.23. The number of rotatable bonds is 4. The van der Waals surface area contributed by atoms with Crippen molar-refractivity contribution >= 4 is 30.8 Å². The molecule has 0 aliphatic carbocycles. The van der Waals surface area contributed by atoms with Crippen LogP contribution in [0.15, 0.2) is 87.6 Å². The van der Waals surface area contributed by atoms with Gasteiger partial charge in [0.05, 0.1) is 20.2 Å². The summed E-state index contributed by atoms with van der Waals surface area (Å²) in [7, 11) is -7.67. The maximum atomic E-state index is 13.2. The van der Waals surface area contributed by atoms with Crippen molar-refractivity contribution in [3.63, 3.8) is 0 Å². The topological polar surface area (TPSA) is 91.7 Å². The van der Waals surface area contributed by atoms with Crippen LogP contribution in [0.1, 0.15) is 5.56 Å². The van der Waals surface area contributed by atoms with Gasteiger partial charge in [0.15, 0.2) is 11.5 Å². The molecule has 1 aliphatic rings. The van der Waals surface area contributed by atoms with E-state index in [1.165, 1.54) is 40.5 Å².